The van der Waals surface area contributed by atoms with Crippen molar-refractivity contribution in [3.05, 3.63) is 23.5 Å². The molecule has 19 heavy (non-hydrogen) atoms. The number of anilines is 1. The van der Waals surface area contributed by atoms with Gasteiger partial charge in [-0.1, -0.05) is 25.2 Å². The van der Waals surface area contributed by atoms with Crippen LogP contribution >= 0.6 is 11.3 Å². The average Bonchev–Trinajstić information content (AvgIpc) is 3.00. The largest absolute Gasteiger partial charge is 0.462 e. The summed E-state index contributed by atoms with van der Waals surface area (Å²) in [6.45, 7) is 7.88. The van der Waals surface area contributed by atoms with Crippen LogP contribution in [0, 0.1) is 6.92 Å². The molecular formula is C12H18N4O2S. The van der Waals surface area contributed by atoms with Gasteiger partial charge in [0.1, 0.15) is 10.0 Å². The number of ether oxygens (including phenoxy) is 1. The molecule has 2 rings (SSSR count). The molecule has 0 aliphatic heterocycles. The molecule has 0 aromatic carbocycles. The number of esters is 1. The lowest BCUT2D eigenvalue weighted by molar-refractivity contribution is 0.0527. The Bertz CT molecular complexity index is 534. The Morgan fingerprint density at radius 3 is 2.53 bits per heavy atom. The Morgan fingerprint density at radius 1 is 1.42 bits per heavy atom. The lowest BCUT2D eigenvalue weighted by atomic mass is 10.2. The molecule has 0 spiro atoms. The lowest BCUT2D eigenvalue weighted by Gasteiger charge is -2.02. The minimum Gasteiger partial charge on any atom is -0.462 e. The van der Waals surface area contributed by atoms with E-state index in [0.29, 0.717) is 17.2 Å². The average molecular weight is 282 g/mol. The van der Waals surface area contributed by atoms with Gasteiger partial charge in [-0.2, -0.15) is 10.2 Å². The number of carbonyl (C=O) groups is 1. The molecule has 0 atom stereocenters. The van der Waals surface area contributed by atoms with Crippen LogP contribution in [0.25, 0.3) is 5.00 Å². The second kappa shape index (κ2) is 6.89. The number of carbonyl (C=O) groups excluding carboxylic acids is 1. The van der Waals surface area contributed by atoms with Crippen LogP contribution in [0.4, 0.5) is 5.00 Å². The van der Waals surface area contributed by atoms with Gasteiger partial charge in [0.2, 0.25) is 0 Å². The topological polar surface area (TPSA) is 83.0 Å². The van der Waals surface area contributed by atoms with Crippen LogP contribution in [0.2, 0.25) is 0 Å². The van der Waals surface area contributed by atoms with Gasteiger partial charge in [0.05, 0.1) is 24.6 Å². The zero-order chi connectivity index (χ0) is 14.4. The Labute approximate surface area is 116 Å². The number of aromatic nitrogens is 3. The number of rotatable bonds is 3. The highest BCUT2D eigenvalue weighted by atomic mass is 32.1. The molecule has 0 fully saturated rings. The molecule has 104 valence electrons. The van der Waals surface area contributed by atoms with Crippen LogP contribution in [0.3, 0.4) is 0 Å². The van der Waals surface area contributed by atoms with Gasteiger partial charge in [0, 0.05) is 5.56 Å². The van der Waals surface area contributed by atoms with Gasteiger partial charge < -0.3 is 10.5 Å². The highest BCUT2D eigenvalue weighted by Crippen LogP contribution is 2.33. The van der Waals surface area contributed by atoms with Crippen molar-refractivity contribution in [3.63, 3.8) is 0 Å². The van der Waals surface area contributed by atoms with E-state index in [4.69, 9.17) is 10.5 Å². The minimum absolute atomic E-state index is 0.322. The first-order valence-corrected chi connectivity index (χ1v) is 6.89. The SMILES string of the molecule is CC.CCOC(=O)c1c(N)sc(-n2nccn2)c1C. The van der Waals surface area contributed by atoms with E-state index in [9.17, 15) is 4.79 Å². The van der Waals surface area contributed by atoms with Crippen LogP contribution in [0.1, 0.15) is 36.7 Å². The minimum atomic E-state index is -0.405. The molecular weight excluding hydrogens is 264 g/mol. The van der Waals surface area contributed by atoms with Crippen molar-refractivity contribution >= 4 is 22.3 Å². The molecule has 0 aliphatic rings. The van der Waals surface area contributed by atoms with E-state index in [2.05, 4.69) is 10.2 Å². The maximum absolute atomic E-state index is 11.7. The summed E-state index contributed by atoms with van der Waals surface area (Å²) in [5.41, 5.74) is 6.97. The summed E-state index contributed by atoms with van der Waals surface area (Å²) in [7, 11) is 0. The van der Waals surface area contributed by atoms with Crippen molar-refractivity contribution < 1.29 is 9.53 Å². The highest BCUT2D eigenvalue weighted by Gasteiger charge is 2.22. The fourth-order valence-electron chi connectivity index (χ4n) is 1.49. The Hall–Kier alpha value is -1.89. The number of hydrogen-bond acceptors (Lipinski definition) is 6. The van der Waals surface area contributed by atoms with E-state index in [1.807, 2.05) is 13.8 Å². The smallest absolute Gasteiger partial charge is 0.341 e. The summed E-state index contributed by atoms with van der Waals surface area (Å²) in [6.07, 6.45) is 3.14. The van der Waals surface area contributed by atoms with E-state index in [-0.39, 0.29) is 0 Å². The molecule has 2 aromatic heterocycles. The van der Waals surface area contributed by atoms with Crippen LogP contribution < -0.4 is 5.73 Å². The number of thiophene rings is 1. The van der Waals surface area contributed by atoms with E-state index in [1.165, 1.54) is 16.1 Å². The normalized spacial score (nSPS) is 9.68. The first-order chi connectivity index (χ1) is 9.15. The second-order valence-electron chi connectivity index (χ2n) is 3.31. The summed E-state index contributed by atoms with van der Waals surface area (Å²) >= 11 is 1.27. The lowest BCUT2D eigenvalue weighted by Crippen LogP contribution is -2.08. The van der Waals surface area contributed by atoms with Gasteiger partial charge in [-0.05, 0) is 13.8 Å². The highest BCUT2D eigenvalue weighted by molar-refractivity contribution is 7.19. The summed E-state index contributed by atoms with van der Waals surface area (Å²) in [5, 5.41) is 9.19. The van der Waals surface area contributed by atoms with Crippen LogP contribution in [0.5, 0.6) is 0 Å². The van der Waals surface area contributed by atoms with E-state index in [0.717, 1.165) is 10.6 Å². The second-order valence-corrected chi connectivity index (χ2v) is 4.34. The fraction of sp³-hybridized carbons (Fsp3) is 0.417. The monoisotopic (exact) mass is 282 g/mol. The summed E-state index contributed by atoms with van der Waals surface area (Å²) in [6, 6.07) is 0. The molecule has 2 aromatic rings. The quantitative estimate of drug-likeness (QED) is 0.874. The van der Waals surface area contributed by atoms with Crippen LogP contribution in [0.15, 0.2) is 12.4 Å². The maximum atomic E-state index is 11.7. The molecule has 0 unspecified atom stereocenters. The van der Waals surface area contributed by atoms with E-state index >= 15 is 0 Å². The summed E-state index contributed by atoms with van der Waals surface area (Å²) in [4.78, 5) is 13.2. The molecule has 7 heteroatoms. The molecule has 0 amide bonds. The third-order valence-electron chi connectivity index (χ3n) is 2.23. The first-order valence-electron chi connectivity index (χ1n) is 6.07. The number of nitrogens with zero attached hydrogens (tertiary/aromatic N) is 3. The maximum Gasteiger partial charge on any atom is 0.341 e. The summed E-state index contributed by atoms with van der Waals surface area (Å²) < 4.78 is 4.96. The zero-order valence-electron chi connectivity index (χ0n) is 11.5. The third-order valence-corrected chi connectivity index (χ3v) is 3.32. The van der Waals surface area contributed by atoms with Gasteiger partial charge in [-0.15, -0.1) is 4.80 Å². The van der Waals surface area contributed by atoms with Gasteiger partial charge in [0.25, 0.3) is 0 Å². The van der Waals surface area contributed by atoms with Crippen molar-refractivity contribution in [1.29, 1.82) is 0 Å². The number of nitrogen functional groups attached to an aromatic ring is 1. The third kappa shape index (κ3) is 3.11. The van der Waals surface area contributed by atoms with E-state index < -0.39 is 5.97 Å². The molecule has 2 heterocycles. The van der Waals surface area contributed by atoms with Gasteiger partial charge in [-0.3, -0.25) is 0 Å². The first kappa shape index (κ1) is 15.2. The molecule has 0 saturated carbocycles. The predicted molar refractivity (Wildman–Crippen MR) is 75.7 cm³/mol. The molecule has 0 saturated heterocycles. The van der Waals surface area contributed by atoms with Crippen LogP contribution in [-0.4, -0.2) is 27.6 Å². The zero-order valence-corrected chi connectivity index (χ0v) is 12.3. The summed E-state index contributed by atoms with van der Waals surface area (Å²) in [5.74, 6) is -0.405. The molecule has 2 N–H and O–H groups in total. The van der Waals surface area contributed by atoms with Crippen molar-refractivity contribution in [1.82, 2.24) is 15.0 Å². The van der Waals surface area contributed by atoms with Crippen molar-refractivity contribution in [2.45, 2.75) is 27.7 Å². The number of nitrogens with two attached hydrogens (primary N) is 1. The van der Waals surface area contributed by atoms with Gasteiger partial charge in [0.15, 0.2) is 0 Å². The predicted octanol–water partition coefficient (Wildman–Crippen LogP) is 2.42. The van der Waals surface area contributed by atoms with Crippen molar-refractivity contribution in [2.75, 3.05) is 12.3 Å². The Morgan fingerprint density at radius 2 is 2.00 bits per heavy atom. The fourth-order valence-corrected chi connectivity index (χ4v) is 2.47. The molecule has 0 radical (unpaired) electrons. The molecule has 6 nitrogen and oxygen atoms in total. The van der Waals surface area contributed by atoms with Crippen LogP contribution in [-0.2, 0) is 4.74 Å². The Kier molecular flexibility index (Phi) is 5.50. The van der Waals surface area contributed by atoms with Crippen molar-refractivity contribution in [3.8, 4) is 5.00 Å². The molecule has 0 aliphatic carbocycles. The molecule has 0 bridgehead atoms. The van der Waals surface area contributed by atoms with Gasteiger partial charge >= 0.3 is 5.97 Å². The standard InChI is InChI=1S/C10H12N4O2S.C2H6/c1-3-16-10(15)7-6(2)9(17-8(7)11)14-12-4-5-13-14;1-2/h4-5H,3,11H2,1-2H3;1-2H3. The Balaban J connectivity index is 0.000000861. The number of hydrogen-bond donors (Lipinski definition) is 1. The van der Waals surface area contributed by atoms with Crippen molar-refractivity contribution in [2.24, 2.45) is 0 Å². The van der Waals surface area contributed by atoms with E-state index in [1.54, 1.807) is 26.2 Å². The van der Waals surface area contributed by atoms with Gasteiger partial charge in [-0.25, -0.2) is 4.79 Å².